The van der Waals surface area contributed by atoms with Crippen molar-refractivity contribution in [2.24, 2.45) is 0 Å². The summed E-state index contributed by atoms with van der Waals surface area (Å²) in [4.78, 5) is 28.3. The van der Waals surface area contributed by atoms with Crippen LogP contribution in [0.15, 0.2) is 16.9 Å². The van der Waals surface area contributed by atoms with E-state index in [0.29, 0.717) is 12.4 Å². The lowest BCUT2D eigenvalue weighted by Crippen LogP contribution is -2.57. The Hall–Kier alpha value is -2.09. The molecule has 1 atom stereocenters. The van der Waals surface area contributed by atoms with Crippen LogP contribution in [0.5, 0.6) is 0 Å². The van der Waals surface area contributed by atoms with Gasteiger partial charge in [0.05, 0.1) is 13.2 Å². The molecule has 140 valence electrons. The number of anilines is 1. The molecule has 25 heavy (non-hydrogen) atoms. The maximum Gasteiger partial charge on any atom is 0.410 e. The Morgan fingerprint density at radius 2 is 1.96 bits per heavy atom. The van der Waals surface area contributed by atoms with Crippen LogP contribution in [-0.4, -0.2) is 59.0 Å². The lowest BCUT2D eigenvalue weighted by molar-refractivity contribution is -0.136. The predicted molar refractivity (Wildman–Crippen MR) is 91.3 cm³/mol. The first kappa shape index (κ1) is 19.2. The average Bonchev–Trinajstić information content (AvgIpc) is 2.98. The number of carbonyl (C=O) groups excluding carboxylic acids is 2. The molecule has 1 saturated heterocycles. The number of hydrogen-bond acceptors (Lipinski definition) is 6. The molecule has 1 unspecified atom stereocenters. The van der Waals surface area contributed by atoms with Crippen molar-refractivity contribution in [2.75, 3.05) is 24.6 Å². The van der Waals surface area contributed by atoms with E-state index in [9.17, 15) is 9.59 Å². The van der Waals surface area contributed by atoms with E-state index < -0.39 is 23.3 Å². The fraction of sp³-hybridized carbons (Fsp3) is 0.706. The third-order valence-electron chi connectivity index (χ3n) is 3.54. The van der Waals surface area contributed by atoms with Crippen LogP contribution in [0.2, 0.25) is 0 Å². The van der Waals surface area contributed by atoms with Crippen LogP contribution in [0, 0.1) is 0 Å². The van der Waals surface area contributed by atoms with Gasteiger partial charge in [-0.05, 0) is 41.5 Å². The van der Waals surface area contributed by atoms with Crippen molar-refractivity contribution >= 4 is 17.8 Å². The molecule has 2 rings (SSSR count). The minimum Gasteiger partial charge on any atom is -0.444 e. The first-order valence-corrected chi connectivity index (χ1v) is 8.33. The van der Waals surface area contributed by atoms with E-state index in [-0.39, 0.29) is 19.1 Å². The Labute approximate surface area is 148 Å². The van der Waals surface area contributed by atoms with Crippen LogP contribution < -0.4 is 4.90 Å². The third kappa shape index (κ3) is 4.94. The maximum absolute atomic E-state index is 13.0. The van der Waals surface area contributed by atoms with Crippen LogP contribution in [-0.2, 0) is 14.3 Å². The predicted octanol–water partition coefficient (Wildman–Crippen LogP) is 2.44. The Balaban J connectivity index is 2.13. The second kappa shape index (κ2) is 7.03. The Bertz CT molecular complexity index is 601. The molecule has 8 nitrogen and oxygen atoms in total. The molecule has 0 saturated carbocycles. The molecule has 1 aliphatic rings. The number of aromatic nitrogens is 1. The van der Waals surface area contributed by atoms with Crippen LogP contribution in [0.4, 0.5) is 10.6 Å². The number of morpholine rings is 1. The zero-order valence-electron chi connectivity index (χ0n) is 15.7. The van der Waals surface area contributed by atoms with Crippen molar-refractivity contribution in [1.29, 1.82) is 0 Å². The molecule has 1 aliphatic heterocycles. The summed E-state index contributed by atoms with van der Waals surface area (Å²) in [6.45, 7) is 11.9. The van der Waals surface area contributed by atoms with E-state index >= 15 is 0 Å². The SMILES string of the molecule is CC(C)(C)OC(=O)N1CCOC(C(=O)N(c2ccon2)C(C)(C)C)C1. The van der Waals surface area contributed by atoms with Crippen molar-refractivity contribution < 1.29 is 23.6 Å². The zero-order valence-corrected chi connectivity index (χ0v) is 15.7. The van der Waals surface area contributed by atoms with Crippen molar-refractivity contribution in [3.05, 3.63) is 12.3 Å². The molecule has 0 aliphatic carbocycles. The highest BCUT2D eigenvalue weighted by Crippen LogP contribution is 2.25. The highest BCUT2D eigenvalue weighted by molar-refractivity contribution is 5.97. The summed E-state index contributed by atoms with van der Waals surface area (Å²) in [6.07, 6.45) is 0.186. The molecule has 2 amide bonds. The van der Waals surface area contributed by atoms with E-state index in [0.717, 1.165) is 0 Å². The fourth-order valence-corrected chi connectivity index (χ4v) is 2.54. The van der Waals surface area contributed by atoms with Crippen LogP contribution in [0.25, 0.3) is 0 Å². The number of rotatable bonds is 2. The monoisotopic (exact) mass is 353 g/mol. The lowest BCUT2D eigenvalue weighted by Gasteiger charge is -2.39. The van der Waals surface area contributed by atoms with Gasteiger partial charge in [-0.3, -0.25) is 9.69 Å². The molecule has 0 radical (unpaired) electrons. The van der Waals surface area contributed by atoms with Crippen LogP contribution in [0.1, 0.15) is 41.5 Å². The summed E-state index contributed by atoms with van der Waals surface area (Å²) in [6, 6.07) is 1.62. The normalized spacial score (nSPS) is 18.8. The van der Waals surface area contributed by atoms with Gasteiger partial charge in [0.1, 0.15) is 11.9 Å². The third-order valence-corrected chi connectivity index (χ3v) is 3.54. The maximum atomic E-state index is 13.0. The fourth-order valence-electron chi connectivity index (χ4n) is 2.54. The van der Waals surface area contributed by atoms with Crippen LogP contribution in [0.3, 0.4) is 0 Å². The zero-order chi connectivity index (χ0) is 18.8. The van der Waals surface area contributed by atoms with Gasteiger partial charge in [-0.15, -0.1) is 0 Å². The summed E-state index contributed by atoms with van der Waals surface area (Å²) in [5.41, 5.74) is -1.11. The number of nitrogens with zero attached hydrogens (tertiary/aromatic N) is 3. The Morgan fingerprint density at radius 3 is 2.48 bits per heavy atom. The van der Waals surface area contributed by atoms with Gasteiger partial charge >= 0.3 is 6.09 Å². The lowest BCUT2D eigenvalue weighted by atomic mass is 10.0. The molecule has 1 aromatic rings. The van der Waals surface area contributed by atoms with Crippen molar-refractivity contribution in [2.45, 2.75) is 58.8 Å². The highest BCUT2D eigenvalue weighted by atomic mass is 16.6. The quantitative estimate of drug-likeness (QED) is 0.812. The van der Waals surface area contributed by atoms with Gasteiger partial charge < -0.3 is 18.9 Å². The van der Waals surface area contributed by atoms with Gasteiger partial charge in [0.2, 0.25) is 0 Å². The molecule has 0 N–H and O–H groups in total. The summed E-state index contributed by atoms with van der Waals surface area (Å²) in [7, 11) is 0. The molecule has 8 heteroatoms. The Kier molecular flexibility index (Phi) is 5.41. The molecule has 0 spiro atoms. The summed E-state index contributed by atoms with van der Waals surface area (Å²) in [5, 5.41) is 3.87. The second-order valence-electron chi connectivity index (χ2n) is 7.99. The summed E-state index contributed by atoms with van der Waals surface area (Å²) < 4.78 is 15.9. The van der Waals surface area contributed by atoms with Gasteiger partial charge in [-0.2, -0.15) is 0 Å². The van der Waals surface area contributed by atoms with Crippen LogP contribution >= 0.6 is 0 Å². The molecule has 2 heterocycles. The first-order valence-electron chi connectivity index (χ1n) is 8.33. The van der Waals surface area contributed by atoms with Gasteiger partial charge in [-0.25, -0.2) is 4.79 Å². The Morgan fingerprint density at radius 1 is 1.28 bits per heavy atom. The van der Waals surface area contributed by atoms with Crippen molar-refractivity contribution in [3.63, 3.8) is 0 Å². The molecule has 0 aromatic carbocycles. The second-order valence-corrected chi connectivity index (χ2v) is 7.99. The van der Waals surface area contributed by atoms with Gasteiger partial charge in [-0.1, -0.05) is 5.16 Å². The van der Waals surface area contributed by atoms with Crippen molar-refractivity contribution in [3.8, 4) is 0 Å². The molecular formula is C17H27N3O5. The van der Waals surface area contributed by atoms with Gasteiger partial charge in [0.15, 0.2) is 11.9 Å². The van der Waals surface area contributed by atoms with E-state index in [2.05, 4.69) is 5.16 Å². The minimum atomic E-state index is -0.780. The average molecular weight is 353 g/mol. The summed E-state index contributed by atoms with van der Waals surface area (Å²) >= 11 is 0. The standard InChI is InChI=1S/C17H27N3O5/c1-16(2,3)20(13-7-9-24-18-13)14(21)12-11-19(8-10-23-12)15(22)25-17(4,5)6/h7,9,12H,8,10-11H2,1-6H3. The van der Waals surface area contributed by atoms with E-state index in [1.54, 1.807) is 26.8 Å². The van der Waals surface area contributed by atoms with E-state index in [1.807, 2.05) is 20.8 Å². The number of hydrogen-bond donors (Lipinski definition) is 0. The number of amides is 2. The topological polar surface area (TPSA) is 85.1 Å². The largest absolute Gasteiger partial charge is 0.444 e. The molecule has 1 fully saturated rings. The molecule has 0 bridgehead atoms. The van der Waals surface area contributed by atoms with Gasteiger partial charge in [0, 0.05) is 18.2 Å². The first-order chi connectivity index (χ1) is 11.5. The number of carbonyl (C=O) groups is 2. The minimum absolute atomic E-state index is 0.137. The smallest absolute Gasteiger partial charge is 0.410 e. The van der Waals surface area contributed by atoms with Crippen molar-refractivity contribution in [1.82, 2.24) is 10.1 Å². The molecule has 1 aromatic heterocycles. The number of ether oxygens (including phenoxy) is 2. The highest BCUT2D eigenvalue weighted by Gasteiger charge is 2.39. The van der Waals surface area contributed by atoms with E-state index in [4.69, 9.17) is 14.0 Å². The van der Waals surface area contributed by atoms with Gasteiger partial charge in [0.25, 0.3) is 5.91 Å². The van der Waals surface area contributed by atoms with E-state index in [1.165, 1.54) is 16.1 Å². The summed E-state index contributed by atoms with van der Waals surface area (Å²) in [5.74, 6) is 0.144. The molecular weight excluding hydrogens is 326 g/mol.